The van der Waals surface area contributed by atoms with Crippen LogP contribution in [0.3, 0.4) is 0 Å². The topological polar surface area (TPSA) is 250 Å². The Morgan fingerprint density at radius 3 is 2.33 bits per heavy atom. The van der Waals surface area contributed by atoms with Crippen LogP contribution in [0.25, 0.3) is 0 Å². The minimum absolute atomic E-state index is 0.752. The van der Waals surface area contributed by atoms with Gasteiger partial charge < -0.3 is 29.0 Å². The molecule has 6 unspecified atom stereocenters. The summed E-state index contributed by atoms with van der Waals surface area (Å²) < 4.78 is 70.4. The summed E-state index contributed by atoms with van der Waals surface area (Å²) in [5.74, 6) is -2.30. The standard InChI is InChI=1S/C12H18FN2O15P3/c1-6(16)27-10-7(4-13)8(28-11(10)15-3-2-9(17)14-12(15)18)5-26-32(22,23)30-33(24,25)29-31(19,20)21/h2-3,7-8,10-11H,4-5H2,1H3,(H,22,23)(H,24,25)(H,14,17,18)(H2,19,20,21). The molecule has 0 saturated carbocycles. The zero-order chi connectivity index (χ0) is 25.2. The smallest absolute Gasteiger partial charge is 0.457 e. The number of hydrogen-bond acceptors (Lipinski definition) is 11. The molecule has 0 aromatic carbocycles. The van der Waals surface area contributed by atoms with Gasteiger partial charge in [-0.15, -0.1) is 0 Å². The molecule has 1 aliphatic heterocycles. The van der Waals surface area contributed by atoms with E-state index in [0.29, 0.717) is 0 Å². The molecule has 21 heteroatoms. The van der Waals surface area contributed by atoms with Gasteiger partial charge in [0.05, 0.1) is 25.3 Å². The fraction of sp³-hybridized carbons (Fsp3) is 0.583. The van der Waals surface area contributed by atoms with Gasteiger partial charge in [0.2, 0.25) is 0 Å². The van der Waals surface area contributed by atoms with Gasteiger partial charge in [-0.25, -0.2) is 18.5 Å². The van der Waals surface area contributed by atoms with Crippen LogP contribution in [0.5, 0.6) is 0 Å². The van der Waals surface area contributed by atoms with Crippen LogP contribution in [0.1, 0.15) is 13.2 Å². The number of carbonyl (C=O) groups is 1. The quantitative estimate of drug-likeness (QED) is 0.181. The number of H-pyrrole nitrogens is 1. The van der Waals surface area contributed by atoms with Crippen molar-refractivity contribution >= 4 is 29.4 Å². The molecule has 17 nitrogen and oxygen atoms in total. The minimum Gasteiger partial charge on any atom is -0.457 e. The van der Waals surface area contributed by atoms with E-state index in [4.69, 9.17) is 24.2 Å². The Bertz CT molecular complexity index is 1130. The molecular formula is C12H18FN2O15P3. The van der Waals surface area contributed by atoms with Crippen molar-refractivity contribution in [3.05, 3.63) is 33.1 Å². The molecule has 1 aromatic rings. The van der Waals surface area contributed by atoms with Gasteiger partial charge in [0, 0.05) is 19.2 Å². The Kier molecular flexibility index (Phi) is 8.71. The van der Waals surface area contributed by atoms with Gasteiger partial charge in [-0.05, 0) is 0 Å². The molecule has 2 rings (SSSR count). The lowest BCUT2D eigenvalue weighted by Crippen LogP contribution is -2.38. The fourth-order valence-electron chi connectivity index (χ4n) is 2.79. The largest absolute Gasteiger partial charge is 0.490 e. The SMILES string of the molecule is CC(=O)OC1C(CF)C(COP(=O)(O)OP(=O)(O)OP(=O)(O)O)OC1n1ccc(=O)[nH]c1=O. The highest BCUT2D eigenvalue weighted by Crippen LogP contribution is 2.66. The van der Waals surface area contributed by atoms with Crippen molar-refractivity contribution in [3.63, 3.8) is 0 Å². The molecule has 2 heterocycles. The van der Waals surface area contributed by atoms with E-state index in [1.54, 1.807) is 0 Å². The lowest BCUT2D eigenvalue weighted by atomic mass is 10.00. The highest BCUT2D eigenvalue weighted by molar-refractivity contribution is 7.66. The molecule has 188 valence electrons. The van der Waals surface area contributed by atoms with E-state index in [0.717, 1.165) is 23.8 Å². The second-order valence-corrected chi connectivity index (χ2v) is 10.8. The van der Waals surface area contributed by atoms with Crippen molar-refractivity contribution in [1.82, 2.24) is 9.55 Å². The van der Waals surface area contributed by atoms with Crippen LogP contribution < -0.4 is 11.2 Å². The summed E-state index contributed by atoms with van der Waals surface area (Å²) in [5, 5.41) is 0. The lowest BCUT2D eigenvalue weighted by molar-refractivity contribution is -0.154. The maximum Gasteiger partial charge on any atom is 0.490 e. The highest BCUT2D eigenvalue weighted by atomic mass is 31.3. The molecule has 0 bridgehead atoms. The average molecular weight is 542 g/mol. The molecule has 5 N–H and O–H groups in total. The number of carbonyl (C=O) groups excluding carboxylic acids is 1. The third-order valence-corrected chi connectivity index (χ3v) is 7.72. The normalized spacial score (nSPS) is 27.0. The first-order chi connectivity index (χ1) is 15.0. The van der Waals surface area contributed by atoms with Gasteiger partial charge in [0.15, 0.2) is 12.3 Å². The van der Waals surface area contributed by atoms with Crippen LogP contribution in [0.15, 0.2) is 21.9 Å². The number of ether oxygens (including phenoxy) is 2. The molecule has 1 aromatic heterocycles. The summed E-state index contributed by atoms with van der Waals surface area (Å²) in [6.45, 7) is -1.34. The molecule has 0 radical (unpaired) electrons. The highest BCUT2D eigenvalue weighted by Gasteiger charge is 2.49. The number of nitrogens with zero attached hydrogens (tertiary/aromatic N) is 1. The van der Waals surface area contributed by atoms with Gasteiger partial charge in [-0.2, -0.15) is 8.62 Å². The van der Waals surface area contributed by atoms with E-state index in [1.807, 2.05) is 4.98 Å². The van der Waals surface area contributed by atoms with Crippen LogP contribution in [-0.4, -0.2) is 60.6 Å². The lowest BCUT2D eigenvalue weighted by Gasteiger charge is -2.22. The number of nitrogens with one attached hydrogen (secondary N) is 1. The number of halogens is 1. The number of aromatic nitrogens is 2. The first kappa shape index (κ1) is 27.7. The van der Waals surface area contributed by atoms with Crippen LogP contribution in [-0.2, 0) is 41.1 Å². The third kappa shape index (κ3) is 8.02. The van der Waals surface area contributed by atoms with Crippen molar-refractivity contribution in [3.8, 4) is 0 Å². The van der Waals surface area contributed by atoms with Crippen molar-refractivity contribution in [2.24, 2.45) is 5.92 Å². The Labute approximate surface area is 182 Å². The van der Waals surface area contributed by atoms with Crippen LogP contribution >= 0.6 is 23.5 Å². The maximum atomic E-state index is 13.8. The molecular weight excluding hydrogens is 524 g/mol. The first-order valence-corrected chi connectivity index (χ1v) is 13.0. The Balaban J connectivity index is 2.23. The molecule has 1 aliphatic rings. The fourth-order valence-corrected chi connectivity index (χ4v) is 5.82. The van der Waals surface area contributed by atoms with Crippen molar-refractivity contribution in [1.29, 1.82) is 0 Å². The van der Waals surface area contributed by atoms with E-state index in [1.165, 1.54) is 0 Å². The van der Waals surface area contributed by atoms with Gasteiger partial charge in [-0.1, -0.05) is 0 Å². The summed E-state index contributed by atoms with van der Waals surface area (Å²) in [6, 6.07) is 0.916. The monoisotopic (exact) mass is 542 g/mol. The molecule has 0 spiro atoms. The van der Waals surface area contributed by atoms with Crippen LogP contribution in [0.4, 0.5) is 4.39 Å². The van der Waals surface area contributed by atoms with Crippen LogP contribution in [0, 0.1) is 5.92 Å². The molecule has 6 atom stereocenters. The Hall–Kier alpha value is -1.55. The third-order valence-electron chi connectivity index (χ3n) is 3.92. The van der Waals surface area contributed by atoms with Gasteiger partial charge in [-0.3, -0.25) is 28.1 Å². The Morgan fingerprint density at radius 2 is 1.82 bits per heavy atom. The maximum absolute atomic E-state index is 13.8. The summed E-state index contributed by atoms with van der Waals surface area (Å²) in [5.41, 5.74) is -1.79. The van der Waals surface area contributed by atoms with E-state index >= 15 is 0 Å². The van der Waals surface area contributed by atoms with Crippen LogP contribution in [0.2, 0.25) is 0 Å². The van der Waals surface area contributed by atoms with E-state index in [9.17, 15) is 37.4 Å². The number of hydrogen-bond donors (Lipinski definition) is 5. The molecule has 1 saturated heterocycles. The Morgan fingerprint density at radius 1 is 1.18 bits per heavy atom. The second-order valence-electron chi connectivity index (χ2n) is 6.36. The molecule has 1 fully saturated rings. The summed E-state index contributed by atoms with van der Waals surface area (Å²) in [6.07, 6.45) is -3.56. The van der Waals surface area contributed by atoms with Crippen molar-refractivity contribution in [2.75, 3.05) is 13.3 Å². The van der Waals surface area contributed by atoms with Gasteiger partial charge in [0.25, 0.3) is 5.56 Å². The number of esters is 1. The average Bonchev–Trinajstić information content (AvgIpc) is 2.93. The minimum atomic E-state index is -5.79. The summed E-state index contributed by atoms with van der Waals surface area (Å²) in [4.78, 5) is 72.4. The number of phosphoric ester groups is 1. The first-order valence-electron chi connectivity index (χ1n) is 8.52. The number of phosphoric acid groups is 3. The van der Waals surface area contributed by atoms with Gasteiger partial charge in [0.1, 0.15) is 0 Å². The summed E-state index contributed by atoms with van der Waals surface area (Å²) >= 11 is 0. The molecule has 33 heavy (non-hydrogen) atoms. The predicted molar refractivity (Wildman–Crippen MR) is 100 cm³/mol. The molecule has 0 aliphatic carbocycles. The van der Waals surface area contributed by atoms with E-state index in [-0.39, 0.29) is 0 Å². The number of aromatic amines is 1. The number of rotatable bonds is 10. The zero-order valence-electron chi connectivity index (χ0n) is 16.3. The predicted octanol–water partition coefficient (Wildman–Crippen LogP) is -0.705. The zero-order valence-corrected chi connectivity index (χ0v) is 19.0. The second kappa shape index (κ2) is 10.4. The molecule has 0 amide bonds. The number of alkyl halides is 1. The van der Waals surface area contributed by atoms with Gasteiger partial charge >= 0.3 is 35.1 Å². The van der Waals surface area contributed by atoms with Crippen molar-refractivity contribution in [2.45, 2.75) is 25.4 Å². The summed E-state index contributed by atoms with van der Waals surface area (Å²) in [7, 11) is -16.9. The van der Waals surface area contributed by atoms with Crippen molar-refractivity contribution < 1.29 is 65.1 Å². The van der Waals surface area contributed by atoms with E-state index < -0.39 is 78.3 Å². The van der Waals surface area contributed by atoms with E-state index in [2.05, 4.69) is 13.1 Å².